The van der Waals surface area contributed by atoms with E-state index in [1.165, 1.54) is 6.07 Å². The lowest BCUT2D eigenvalue weighted by atomic mass is 10.1. The first kappa shape index (κ1) is 13.9. The van der Waals surface area contributed by atoms with Crippen molar-refractivity contribution in [2.24, 2.45) is 7.05 Å². The second-order valence-electron chi connectivity index (χ2n) is 5.04. The molecule has 0 aliphatic carbocycles. The lowest BCUT2D eigenvalue weighted by molar-refractivity contribution is 0.630. The van der Waals surface area contributed by atoms with E-state index >= 15 is 0 Å². The molecule has 1 heterocycles. The molecule has 2 aromatic carbocycles. The van der Waals surface area contributed by atoms with E-state index in [2.05, 4.69) is 10.4 Å². The standard InChI is InChI=1S/C16H15ClFN3/c1-10-13-7-15(14(18)8-16(13)21(2)20-10)19-9-11-3-5-12(17)6-4-11/h3-8,19H,9H2,1-2H3. The van der Waals surface area contributed by atoms with Gasteiger partial charge in [-0.05, 0) is 30.7 Å². The van der Waals surface area contributed by atoms with Gasteiger partial charge in [-0.2, -0.15) is 5.10 Å². The Hall–Kier alpha value is -2.07. The zero-order chi connectivity index (χ0) is 15.0. The molecule has 108 valence electrons. The SMILES string of the molecule is Cc1nn(C)c2cc(F)c(NCc3ccc(Cl)cc3)cc12. The number of fused-ring (bicyclic) bond motifs is 1. The van der Waals surface area contributed by atoms with Gasteiger partial charge in [0.05, 0.1) is 16.9 Å². The van der Waals surface area contributed by atoms with Crippen molar-refractivity contribution < 1.29 is 4.39 Å². The van der Waals surface area contributed by atoms with Crippen LogP contribution in [0.5, 0.6) is 0 Å². The van der Waals surface area contributed by atoms with Crippen molar-refractivity contribution in [3.63, 3.8) is 0 Å². The van der Waals surface area contributed by atoms with Gasteiger partial charge in [-0.3, -0.25) is 4.68 Å². The number of rotatable bonds is 3. The summed E-state index contributed by atoms with van der Waals surface area (Å²) in [6.45, 7) is 2.46. The number of hydrogen-bond acceptors (Lipinski definition) is 2. The van der Waals surface area contributed by atoms with Gasteiger partial charge in [-0.15, -0.1) is 0 Å². The van der Waals surface area contributed by atoms with E-state index in [1.54, 1.807) is 4.68 Å². The minimum Gasteiger partial charge on any atom is -0.379 e. The van der Waals surface area contributed by atoms with Gasteiger partial charge in [0.2, 0.25) is 0 Å². The van der Waals surface area contributed by atoms with Crippen LogP contribution in [0.15, 0.2) is 36.4 Å². The maximum atomic E-state index is 14.2. The third kappa shape index (κ3) is 2.72. The quantitative estimate of drug-likeness (QED) is 0.782. The fourth-order valence-electron chi connectivity index (χ4n) is 2.39. The van der Waals surface area contributed by atoms with Gasteiger partial charge in [0.15, 0.2) is 0 Å². The molecular formula is C16H15ClFN3. The van der Waals surface area contributed by atoms with Crippen molar-refractivity contribution in [1.82, 2.24) is 9.78 Å². The van der Waals surface area contributed by atoms with E-state index in [0.717, 1.165) is 22.2 Å². The Kier molecular flexibility index (Phi) is 3.55. The molecule has 0 atom stereocenters. The number of aromatic nitrogens is 2. The van der Waals surface area contributed by atoms with Crippen LogP contribution in [0.3, 0.4) is 0 Å². The predicted octanol–water partition coefficient (Wildman–Crippen LogP) is 4.29. The minimum atomic E-state index is -0.278. The molecule has 0 radical (unpaired) electrons. The maximum Gasteiger partial charge on any atom is 0.148 e. The molecule has 5 heteroatoms. The number of halogens is 2. The third-order valence-electron chi connectivity index (χ3n) is 3.52. The molecule has 1 N–H and O–H groups in total. The first-order chi connectivity index (χ1) is 10.0. The van der Waals surface area contributed by atoms with Crippen LogP contribution in [0, 0.1) is 12.7 Å². The number of aryl methyl sites for hydroxylation is 2. The molecule has 0 saturated carbocycles. The summed E-state index contributed by atoms with van der Waals surface area (Å²) < 4.78 is 15.8. The third-order valence-corrected chi connectivity index (χ3v) is 3.77. The van der Waals surface area contributed by atoms with Gasteiger partial charge < -0.3 is 5.32 Å². The number of nitrogens with one attached hydrogen (secondary N) is 1. The normalized spacial score (nSPS) is 11.0. The van der Waals surface area contributed by atoms with Gasteiger partial charge in [0, 0.05) is 30.1 Å². The Morgan fingerprint density at radius 2 is 1.95 bits per heavy atom. The molecule has 0 saturated heterocycles. The fourth-order valence-corrected chi connectivity index (χ4v) is 2.51. The lowest BCUT2D eigenvalue weighted by Crippen LogP contribution is -2.01. The molecule has 0 aliphatic heterocycles. The smallest absolute Gasteiger partial charge is 0.148 e. The van der Waals surface area contributed by atoms with Crippen LogP contribution < -0.4 is 5.32 Å². The van der Waals surface area contributed by atoms with Crippen molar-refractivity contribution >= 4 is 28.2 Å². The average molecular weight is 304 g/mol. The summed E-state index contributed by atoms with van der Waals surface area (Å²) in [5.41, 5.74) is 3.21. The van der Waals surface area contributed by atoms with Gasteiger partial charge in [-0.25, -0.2) is 4.39 Å². The summed E-state index contributed by atoms with van der Waals surface area (Å²) >= 11 is 5.85. The first-order valence-electron chi connectivity index (χ1n) is 6.66. The highest BCUT2D eigenvalue weighted by Crippen LogP contribution is 2.25. The molecule has 0 aliphatic rings. The summed E-state index contributed by atoms with van der Waals surface area (Å²) in [7, 11) is 1.82. The Morgan fingerprint density at radius 1 is 1.24 bits per heavy atom. The highest BCUT2D eigenvalue weighted by atomic mass is 35.5. The molecule has 3 rings (SSSR count). The molecule has 0 amide bonds. The van der Waals surface area contributed by atoms with Gasteiger partial charge in [-0.1, -0.05) is 23.7 Å². The number of nitrogens with zero attached hydrogens (tertiary/aromatic N) is 2. The predicted molar refractivity (Wildman–Crippen MR) is 84.2 cm³/mol. The van der Waals surface area contributed by atoms with E-state index in [9.17, 15) is 4.39 Å². The second kappa shape index (κ2) is 5.37. The highest BCUT2D eigenvalue weighted by molar-refractivity contribution is 6.30. The monoisotopic (exact) mass is 303 g/mol. The summed E-state index contributed by atoms with van der Waals surface area (Å²) in [6.07, 6.45) is 0. The Labute approximate surface area is 127 Å². The van der Waals surface area contributed by atoms with Crippen LogP contribution in [-0.4, -0.2) is 9.78 Å². The molecule has 3 nitrogen and oxygen atoms in total. The van der Waals surface area contributed by atoms with Crippen molar-refractivity contribution in [2.75, 3.05) is 5.32 Å². The largest absolute Gasteiger partial charge is 0.379 e. The van der Waals surface area contributed by atoms with Crippen molar-refractivity contribution in [3.8, 4) is 0 Å². The van der Waals surface area contributed by atoms with E-state index in [4.69, 9.17) is 11.6 Å². The molecule has 0 fully saturated rings. The topological polar surface area (TPSA) is 29.9 Å². The fraction of sp³-hybridized carbons (Fsp3) is 0.188. The molecule has 0 spiro atoms. The van der Waals surface area contributed by atoms with Crippen LogP contribution in [-0.2, 0) is 13.6 Å². The van der Waals surface area contributed by atoms with Gasteiger partial charge >= 0.3 is 0 Å². The zero-order valence-electron chi connectivity index (χ0n) is 11.8. The van der Waals surface area contributed by atoms with Crippen molar-refractivity contribution in [2.45, 2.75) is 13.5 Å². The Morgan fingerprint density at radius 3 is 2.67 bits per heavy atom. The minimum absolute atomic E-state index is 0.278. The lowest BCUT2D eigenvalue weighted by Gasteiger charge is -2.08. The molecular weight excluding hydrogens is 289 g/mol. The van der Waals surface area contributed by atoms with Crippen LogP contribution in [0.2, 0.25) is 5.02 Å². The van der Waals surface area contributed by atoms with Crippen LogP contribution in [0.25, 0.3) is 10.9 Å². The first-order valence-corrected chi connectivity index (χ1v) is 7.03. The summed E-state index contributed by atoms with van der Waals surface area (Å²) in [6, 6.07) is 10.8. The summed E-state index contributed by atoms with van der Waals surface area (Å²) in [5.74, 6) is -0.278. The maximum absolute atomic E-state index is 14.2. The van der Waals surface area contributed by atoms with Crippen molar-refractivity contribution in [1.29, 1.82) is 0 Å². The number of anilines is 1. The average Bonchev–Trinajstić information content (AvgIpc) is 2.73. The second-order valence-corrected chi connectivity index (χ2v) is 5.47. The van der Waals surface area contributed by atoms with Crippen LogP contribution in [0.4, 0.5) is 10.1 Å². The van der Waals surface area contributed by atoms with Crippen molar-refractivity contribution in [3.05, 3.63) is 58.5 Å². The highest BCUT2D eigenvalue weighted by Gasteiger charge is 2.10. The van der Waals surface area contributed by atoms with E-state index in [-0.39, 0.29) is 5.82 Å². The molecule has 0 unspecified atom stereocenters. The van der Waals surface area contributed by atoms with Crippen LogP contribution >= 0.6 is 11.6 Å². The molecule has 21 heavy (non-hydrogen) atoms. The molecule has 3 aromatic rings. The molecule has 0 bridgehead atoms. The van der Waals surface area contributed by atoms with Gasteiger partial charge in [0.1, 0.15) is 5.82 Å². The van der Waals surface area contributed by atoms with Gasteiger partial charge in [0.25, 0.3) is 0 Å². The Bertz CT molecular complexity index is 793. The number of hydrogen-bond donors (Lipinski definition) is 1. The summed E-state index contributed by atoms with van der Waals surface area (Å²) in [5, 5.41) is 9.08. The summed E-state index contributed by atoms with van der Waals surface area (Å²) in [4.78, 5) is 0. The van der Waals surface area contributed by atoms with E-state index in [0.29, 0.717) is 17.3 Å². The van der Waals surface area contributed by atoms with E-state index < -0.39 is 0 Å². The van der Waals surface area contributed by atoms with Crippen LogP contribution in [0.1, 0.15) is 11.3 Å². The molecule has 1 aromatic heterocycles. The van der Waals surface area contributed by atoms with E-state index in [1.807, 2.05) is 44.3 Å². The Balaban J connectivity index is 1.88. The number of benzene rings is 2. The zero-order valence-corrected chi connectivity index (χ0v) is 12.6.